The van der Waals surface area contributed by atoms with Gasteiger partial charge in [-0.3, -0.25) is 4.79 Å². The van der Waals surface area contributed by atoms with E-state index >= 15 is 0 Å². The number of aryl methyl sites for hydroxylation is 1. The van der Waals surface area contributed by atoms with E-state index < -0.39 is 0 Å². The van der Waals surface area contributed by atoms with Gasteiger partial charge in [0.15, 0.2) is 0 Å². The fraction of sp³-hybridized carbons (Fsp3) is 0.538. The lowest BCUT2D eigenvalue weighted by atomic mass is 9.86. The molecule has 2 N–H and O–H groups in total. The van der Waals surface area contributed by atoms with Gasteiger partial charge >= 0.3 is 0 Å². The largest absolute Gasteiger partial charge is 0.392 e. The molecule has 2 unspecified atom stereocenters. The molecule has 0 spiro atoms. The van der Waals surface area contributed by atoms with Crippen LogP contribution in [0.5, 0.6) is 0 Å². The average molecular weight is 282 g/mol. The zero-order valence-electron chi connectivity index (χ0n) is 10.7. The number of likely N-dealkylation sites (N-methyl/N-ethyl adjacent to an activating group) is 1. The molecular formula is C13H18N2OS2. The number of nitrogens with two attached hydrogens (primary N) is 1. The van der Waals surface area contributed by atoms with Crippen molar-refractivity contribution < 1.29 is 4.79 Å². The highest BCUT2D eigenvalue weighted by atomic mass is 32.1. The van der Waals surface area contributed by atoms with Gasteiger partial charge in [-0.1, -0.05) is 12.2 Å². The molecule has 0 saturated heterocycles. The summed E-state index contributed by atoms with van der Waals surface area (Å²) in [4.78, 5) is 15.9. The van der Waals surface area contributed by atoms with Crippen LogP contribution in [0, 0.1) is 0 Å². The van der Waals surface area contributed by atoms with E-state index in [0.717, 1.165) is 19.3 Å². The van der Waals surface area contributed by atoms with Crippen LogP contribution in [0.4, 0.5) is 0 Å². The maximum absolute atomic E-state index is 12.5. The summed E-state index contributed by atoms with van der Waals surface area (Å²) in [6.45, 7) is 1.87. The van der Waals surface area contributed by atoms with Crippen molar-refractivity contribution in [3.63, 3.8) is 0 Å². The maximum Gasteiger partial charge on any atom is 0.230 e. The Morgan fingerprint density at radius 2 is 2.39 bits per heavy atom. The number of hydrogen-bond donors (Lipinski definition) is 1. The number of fused-ring (bicyclic) bond motifs is 1. The van der Waals surface area contributed by atoms with Gasteiger partial charge in [0.25, 0.3) is 0 Å². The first kappa shape index (κ1) is 13.5. The Morgan fingerprint density at radius 3 is 3.06 bits per heavy atom. The minimum Gasteiger partial charge on any atom is -0.392 e. The smallest absolute Gasteiger partial charge is 0.230 e. The van der Waals surface area contributed by atoms with E-state index in [1.54, 1.807) is 23.3 Å². The van der Waals surface area contributed by atoms with Gasteiger partial charge in [0.05, 0.1) is 16.9 Å². The third-order valence-electron chi connectivity index (χ3n) is 3.69. The van der Waals surface area contributed by atoms with Crippen molar-refractivity contribution in [3.05, 3.63) is 21.9 Å². The van der Waals surface area contributed by atoms with Crippen LogP contribution in [0.15, 0.2) is 11.4 Å². The quantitative estimate of drug-likeness (QED) is 0.865. The van der Waals surface area contributed by atoms with Gasteiger partial charge in [-0.25, -0.2) is 0 Å². The van der Waals surface area contributed by atoms with Gasteiger partial charge in [-0.2, -0.15) is 0 Å². The number of thiocarbonyl (C=S) groups is 1. The lowest BCUT2D eigenvalue weighted by Gasteiger charge is -2.30. The number of nitrogens with zero attached hydrogens (tertiary/aromatic N) is 1. The highest BCUT2D eigenvalue weighted by Gasteiger charge is 2.31. The number of carbonyl (C=O) groups is 1. The summed E-state index contributed by atoms with van der Waals surface area (Å²) in [7, 11) is 1.78. The van der Waals surface area contributed by atoms with Crippen LogP contribution in [0.25, 0.3) is 0 Å². The molecule has 1 aromatic rings. The Morgan fingerprint density at radius 1 is 1.67 bits per heavy atom. The Labute approximate surface area is 117 Å². The summed E-state index contributed by atoms with van der Waals surface area (Å²) >= 11 is 6.71. The molecule has 2 rings (SSSR count). The Balaban J connectivity index is 2.19. The van der Waals surface area contributed by atoms with Crippen molar-refractivity contribution in [2.24, 2.45) is 5.73 Å². The summed E-state index contributed by atoms with van der Waals surface area (Å²) in [5, 5.41) is 2.08. The number of carbonyl (C=O) groups excluding carboxylic acids is 1. The van der Waals surface area contributed by atoms with Crippen molar-refractivity contribution >= 4 is 34.5 Å². The SMILES string of the molecule is CC(C(N)=S)N(C)C(=O)C1CCCc2sccc21. The minimum atomic E-state index is -0.184. The maximum atomic E-state index is 12.5. The van der Waals surface area contributed by atoms with E-state index in [4.69, 9.17) is 18.0 Å². The van der Waals surface area contributed by atoms with Crippen LogP contribution in [-0.2, 0) is 11.2 Å². The molecule has 0 saturated carbocycles. The molecule has 0 radical (unpaired) electrons. The Bertz CT molecular complexity index is 469. The van der Waals surface area contributed by atoms with E-state index in [2.05, 4.69) is 11.4 Å². The summed E-state index contributed by atoms with van der Waals surface area (Å²) in [5.41, 5.74) is 6.83. The third kappa shape index (κ3) is 2.42. The van der Waals surface area contributed by atoms with E-state index in [9.17, 15) is 4.79 Å². The molecular weight excluding hydrogens is 264 g/mol. The first-order chi connectivity index (χ1) is 8.52. The minimum absolute atomic E-state index is 0.0122. The number of hydrogen-bond acceptors (Lipinski definition) is 3. The number of rotatable bonds is 3. The standard InChI is InChI=1S/C13H18N2OS2/c1-8(12(14)17)15(2)13(16)10-4-3-5-11-9(10)6-7-18-11/h6-8,10H,3-5H2,1-2H3,(H2,14,17). The van der Waals surface area contributed by atoms with Crippen LogP contribution in [-0.4, -0.2) is 28.9 Å². The van der Waals surface area contributed by atoms with Crippen LogP contribution in [0.3, 0.4) is 0 Å². The van der Waals surface area contributed by atoms with E-state index in [1.807, 2.05) is 6.92 Å². The molecule has 2 atom stereocenters. The molecule has 1 heterocycles. The molecule has 98 valence electrons. The molecule has 1 aliphatic rings. The zero-order chi connectivity index (χ0) is 13.3. The van der Waals surface area contributed by atoms with Crippen LogP contribution in [0.1, 0.15) is 36.1 Å². The van der Waals surface area contributed by atoms with Crippen LogP contribution < -0.4 is 5.73 Å². The molecule has 0 aromatic carbocycles. The second kappa shape index (κ2) is 5.36. The molecule has 0 aliphatic heterocycles. The molecule has 3 nitrogen and oxygen atoms in total. The predicted octanol–water partition coefficient (Wildman–Crippen LogP) is 2.30. The number of amides is 1. The Hall–Kier alpha value is -0.940. The molecule has 1 aromatic heterocycles. The van der Waals surface area contributed by atoms with E-state index in [-0.39, 0.29) is 17.9 Å². The highest BCUT2D eigenvalue weighted by molar-refractivity contribution is 7.80. The summed E-state index contributed by atoms with van der Waals surface area (Å²) < 4.78 is 0. The summed E-state index contributed by atoms with van der Waals surface area (Å²) in [6.07, 6.45) is 3.11. The van der Waals surface area contributed by atoms with Crippen molar-refractivity contribution in [2.45, 2.75) is 38.1 Å². The van der Waals surface area contributed by atoms with E-state index in [0.29, 0.717) is 4.99 Å². The van der Waals surface area contributed by atoms with Crippen molar-refractivity contribution in [1.29, 1.82) is 0 Å². The van der Waals surface area contributed by atoms with Crippen molar-refractivity contribution in [2.75, 3.05) is 7.05 Å². The van der Waals surface area contributed by atoms with Gasteiger partial charge in [-0.05, 0) is 43.2 Å². The first-order valence-electron chi connectivity index (χ1n) is 6.14. The van der Waals surface area contributed by atoms with Gasteiger partial charge in [0.1, 0.15) is 0 Å². The third-order valence-corrected chi connectivity index (χ3v) is 5.03. The highest BCUT2D eigenvalue weighted by Crippen LogP contribution is 2.36. The molecule has 18 heavy (non-hydrogen) atoms. The molecule has 1 aliphatic carbocycles. The van der Waals surface area contributed by atoms with Gasteiger partial charge < -0.3 is 10.6 Å². The summed E-state index contributed by atoms with van der Waals surface area (Å²) in [5.74, 6) is 0.122. The molecule has 0 fully saturated rings. The average Bonchev–Trinajstić information content (AvgIpc) is 2.83. The molecule has 1 amide bonds. The van der Waals surface area contributed by atoms with Crippen molar-refractivity contribution in [3.8, 4) is 0 Å². The second-order valence-corrected chi connectivity index (χ2v) is 6.24. The topological polar surface area (TPSA) is 46.3 Å². The lowest BCUT2D eigenvalue weighted by molar-refractivity contribution is -0.132. The van der Waals surface area contributed by atoms with Crippen LogP contribution in [0.2, 0.25) is 0 Å². The predicted molar refractivity (Wildman–Crippen MR) is 79.0 cm³/mol. The van der Waals surface area contributed by atoms with Crippen molar-refractivity contribution in [1.82, 2.24) is 4.90 Å². The second-order valence-electron chi connectivity index (χ2n) is 4.77. The molecule has 0 bridgehead atoms. The van der Waals surface area contributed by atoms with E-state index in [1.165, 1.54) is 10.4 Å². The molecule has 5 heteroatoms. The van der Waals surface area contributed by atoms with Gasteiger partial charge in [-0.15, -0.1) is 11.3 Å². The lowest BCUT2D eigenvalue weighted by Crippen LogP contribution is -2.45. The van der Waals surface area contributed by atoms with Crippen LogP contribution >= 0.6 is 23.6 Å². The fourth-order valence-corrected chi connectivity index (χ4v) is 3.52. The monoisotopic (exact) mass is 282 g/mol. The summed E-state index contributed by atoms with van der Waals surface area (Å²) in [6, 6.07) is 1.90. The fourth-order valence-electron chi connectivity index (χ4n) is 2.37. The van der Waals surface area contributed by atoms with Gasteiger partial charge in [0, 0.05) is 11.9 Å². The zero-order valence-corrected chi connectivity index (χ0v) is 12.3. The number of thiophene rings is 1. The first-order valence-corrected chi connectivity index (χ1v) is 7.43. The van der Waals surface area contributed by atoms with Gasteiger partial charge in [0.2, 0.25) is 5.91 Å². The normalized spacial score (nSPS) is 20.0. The Kier molecular flexibility index (Phi) is 4.02.